The van der Waals surface area contributed by atoms with Gasteiger partial charge in [-0.2, -0.15) is 0 Å². The van der Waals surface area contributed by atoms with Gasteiger partial charge in [-0.3, -0.25) is 4.79 Å². The molecule has 42 heavy (non-hydrogen) atoms. The van der Waals surface area contributed by atoms with Crippen molar-refractivity contribution in [3.05, 3.63) is 47.5 Å². The number of Topliss-reactive ketones (excluding diaryl/α,β-unsaturated/α-hetero) is 1. The summed E-state index contributed by atoms with van der Waals surface area (Å²) in [7, 11) is 0. The molecule has 3 heterocycles. The summed E-state index contributed by atoms with van der Waals surface area (Å²) in [6.07, 6.45) is -16.0. The molecule has 8 N–H and O–H groups in total. The summed E-state index contributed by atoms with van der Waals surface area (Å²) in [4.78, 5) is 12.9. The quantitative estimate of drug-likeness (QED) is 0.170. The Bertz CT molecular complexity index is 1240. The predicted molar refractivity (Wildman–Crippen MR) is 141 cm³/mol. The zero-order chi connectivity index (χ0) is 29.6. The molecule has 14 nitrogen and oxygen atoms in total. The van der Waals surface area contributed by atoms with Crippen molar-refractivity contribution in [1.29, 1.82) is 0 Å². The zero-order valence-electron chi connectivity index (χ0n) is 21.8. The van der Waals surface area contributed by atoms with Gasteiger partial charge in [-0.1, -0.05) is 12.1 Å². The number of aliphatic hydroxyl groups excluding tert-OH is 6. The van der Waals surface area contributed by atoms with Crippen LogP contribution in [0, 0.1) is 0 Å². The standard InChI is InChI=1S/C27H32O14.Na.H/c1-10-20(32)22(34)24(36)26(37-10)41-25-23(35)21(33)18(9-28)40-27(25)38-13-6-14(30)19-15(31)8-16(39-17(19)7-13)11-2-4-12(29)5-3-11;;/h2-7,10,16,18,20-30,32-36H,8-9H2,1H3;;/t10-,16?,18+,20-,21+,22+,23-,24+,25+,26-,27+;;/m0../s1. The Morgan fingerprint density at radius 1 is 0.881 bits per heavy atom. The molecule has 2 fully saturated rings. The number of hydrogen-bond donors (Lipinski definition) is 8. The fourth-order valence-corrected chi connectivity index (χ4v) is 5.07. The first-order valence-corrected chi connectivity index (χ1v) is 13.0. The van der Waals surface area contributed by atoms with E-state index in [-0.39, 0.29) is 58.8 Å². The fourth-order valence-electron chi connectivity index (χ4n) is 5.07. The van der Waals surface area contributed by atoms with Crippen LogP contribution in [0.1, 0.15) is 35.4 Å². The van der Waals surface area contributed by atoms with E-state index in [9.17, 15) is 45.6 Å². The maximum absolute atomic E-state index is 12.9. The summed E-state index contributed by atoms with van der Waals surface area (Å²) >= 11 is 0. The first-order chi connectivity index (χ1) is 19.5. The number of aromatic hydroxyl groups is 2. The Labute approximate surface area is 261 Å². The van der Waals surface area contributed by atoms with E-state index in [1.54, 1.807) is 12.1 Å². The predicted octanol–water partition coefficient (Wildman–Crippen LogP) is -1.81. The minimum absolute atomic E-state index is 0. The second kappa shape index (κ2) is 13.3. The van der Waals surface area contributed by atoms with Crippen molar-refractivity contribution in [2.75, 3.05) is 6.61 Å². The van der Waals surface area contributed by atoms with Crippen LogP contribution in [-0.2, 0) is 14.2 Å². The van der Waals surface area contributed by atoms with Gasteiger partial charge < -0.3 is 64.5 Å². The van der Waals surface area contributed by atoms with Crippen LogP contribution in [0.3, 0.4) is 0 Å². The van der Waals surface area contributed by atoms with Crippen molar-refractivity contribution in [1.82, 2.24) is 0 Å². The van der Waals surface area contributed by atoms with Crippen LogP contribution in [0.5, 0.6) is 23.0 Å². The van der Waals surface area contributed by atoms with Gasteiger partial charge in [0.15, 0.2) is 18.2 Å². The van der Waals surface area contributed by atoms with Crippen molar-refractivity contribution in [2.45, 2.75) is 80.9 Å². The maximum atomic E-state index is 12.9. The minimum atomic E-state index is -1.75. The molecular weight excluding hydrogens is 571 g/mol. The summed E-state index contributed by atoms with van der Waals surface area (Å²) in [5, 5.41) is 81.6. The number of ketones is 1. The number of hydrogen-bond acceptors (Lipinski definition) is 14. The van der Waals surface area contributed by atoms with Gasteiger partial charge in [0, 0.05) is 12.1 Å². The van der Waals surface area contributed by atoms with Crippen molar-refractivity contribution < 1.29 is 69.3 Å². The number of fused-ring (bicyclic) bond motifs is 1. The molecule has 5 rings (SSSR count). The van der Waals surface area contributed by atoms with E-state index in [1.807, 2.05) is 0 Å². The van der Waals surface area contributed by atoms with E-state index in [0.717, 1.165) is 6.07 Å². The first kappa shape index (κ1) is 32.9. The molecule has 15 heteroatoms. The second-order valence-electron chi connectivity index (χ2n) is 10.2. The Hall–Kier alpha value is -2.05. The normalized spacial score (nSPS) is 36.4. The third kappa shape index (κ3) is 6.40. The average Bonchev–Trinajstić information content (AvgIpc) is 2.94. The van der Waals surface area contributed by atoms with Crippen LogP contribution in [0.4, 0.5) is 0 Å². The number of carbonyl (C=O) groups excluding carboxylic acids is 1. The Morgan fingerprint density at radius 2 is 1.57 bits per heavy atom. The van der Waals surface area contributed by atoms with Crippen molar-refractivity contribution in [3.8, 4) is 23.0 Å². The van der Waals surface area contributed by atoms with E-state index in [2.05, 4.69) is 0 Å². The number of aliphatic hydroxyl groups is 6. The first-order valence-electron chi connectivity index (χ1n) is 13.0. The summed E-state index contributed by atoms with van der Waals surface area (Å²) in [5.41, 5.74) is 0.529. The molecule has 11 atom stereocenters. The fraction of sp³-hybridized carbons (Fsp3) is 0.519. The Morgan fingerprint density at radius 3 is 2.24 bits per heavy atom. The average molecular weight is 605 g/mol. The van der Waals surface area contributed by atoms with Gasteiger partial charge in [-0.15, -0.1) is 0 Å². The van der Waals surface area contributed by atoms with E-state index in [0.29, 0.717) is 5.56 Å². The summed E-state index contributed by atoms with van der Waals surface area (Å²) in [6.45, 7) is 0.716. The van der Waals surface area contributed by atoms with Crippen molar-refractivity contribution >= 4 is 35.3 Å². The van der Waals surface area contributed by atoms with Crippen LogP contribution in [0.25, 0.3) is 0 Å². The molecule has 2 saturated heterocycles. The Balaban J connectivity index is 0.00000405. The molecule has 0 aromatic heterocycles. The summed E-state index contributed by atoms with van der Waals surface area (Å²) in [6, 6.07) is 8.50. The van der Waals surface area contributed by atoms with Crippen molar-refractivity contribution in [2.24, 2.45) is 0 Å². The van der Waals surface area contributed by atoms with Gasteiger partial charge >= 0.3 is 29.6 Å². The van der Waals surface area contributed by atoms with Gasteiger partial charge in [0.1, 0.15) is 71.3 Å². The topological polar surface area (TPSA) is 225 Å². The van der Waals surface area contributed by atoms with Gasteiger partial charge in [-0.05, 0) is 24.6 Å². The number of benzene rings is 2. The zero-order valence-corrected chi connectivity index (χ0v) is 21.8. The molecule has 3 aliphatic heterocycles. The molecule has 0 saturated carbocycles. The van der Waals surface area contributed by atoms with Gasteiger partial charge in [-0.25, -0.2) is 0 Å². The van der Waals surface area contributed by atoms with E-state index in [1.165, 1.54) is 25.1 Å². The number of rotatable bonds is 6. The van der Waals surface area contributed by atoms with Crippen LogP contribution >= 0.6 is 0 Å². The molecule has 0 bridgehead atoms. The Kier molecular flexibility index (Phi) is 10.4. The molecule has 0 aliphatic carbocycles. The SMILES string of the molecule is C[C@@H]1O[C@@H](O[C@H]2[C@H](Oc3cc(O)c4c(c3)OC(c3ccc(O)cc3)CC4=O)O[C@H](CO)[C@@H](O)[C@@H]2O)[C@H](O)[C@H](O)[C@H]1O.[NaH]. The summed E-state index contributed by atoms with van der Waals surface area (Å²) < 4.78 is 28.6. The van der Waals surface area contributed by atoms with Crippen LogP contribution < -0.4 is 9.47 Å². The second-order valence-corrected chi connectivity index (χ2v) is 10.2. The summed E-state index contributed by atoms with van der Waals surface area (Å²) in [5.74, 6) is -0.947. The molecule has 1 unspecified atom stereocenters. The van der Waals surface area contributed by atoms with Crippen molar-refractivity contribution in [3.63, 3.8) is 0 Å². The van der Waals surface area contributed by atoms with E-state index >= 15 is 0 Å². The molecule has 0 spiro atoms. The third-order valence-corrected chi connectivity index (χ3v) is 7.42. The molecule has 226 valence electrons. The number of carbonyl (C=O) groups is 1. The number of phenols is 2. The molecule has 3 aliphatic rings. The molecule has 2 aromatic rings. The number of phenolic OH excluding ortho intramolecular Hbond substituents is 2. The molecule has 2 aromatic carbocycles. The monoisotopic (exact) mass is 604 g/mol. The molecule has 0 radical (unpaired) electrons. The molecular formula is C27H33NaO14. The van der Waals surface area contributed by atoms with E-state index in [4.69, 9.17) is 23.7 Å². The van der Waals surface area contributed by atoms with Crippen LogP contribution in [0.2, 0.25) is 0 Å². The van der Waals surface area contributed by atoms with Gasteiger partial charge in [0.25, 0.3) is 0 Å². The molecule has 0 amide bonds. The third-order valence-electron chi connectivity index (χ3n) is 7.42. The van der Waals surface area contributed by atoms with Crippen LogP contribution in [0.15, 0.2) is 36.4 Å². The van der Waals surface area contributed by atoms with E-state index < -0.39 is 85.7 Å². The number of ether oxygens (including phenoxy) is 5. The van der Waals surface area contributed by atoms with Gasteiger partial charge in [0.2, 0.25) is 6.29 Å². The van der Waals surface area contributed by atoms with Crippen LogP contribution in [-0.4, -0.2) is 144 Å². The van der Waals surface area contributed by atoms with Gasteiger partial charge in [0.05, 0.1) is 19.1 Å².